The predicted octanol–water partition coefficient (Wildman–Crippen LogP) is 3.63. The number of amides is 1. The number of nitrogens with one attached hydrogen (secondary N) is 1. The van der Waals surface area contributed by atoms with Crippen molar-refractivity contribution in [3.63, 3.8) is 0 Å². The summed E-state index contributed by atoms with van der Waals surface area (Å²) in [7, 11) is 0. The number of rotatable bonds is 10. The molecule has 0 bridgehead atoms. The number of nitrogens with zero attached hydrogens (tertiary/aromatic N) is 2. The molecule has 9 nitrogen and oxygen atoms in total. The van der Waals surface area contributed by atoms with Crippen LogP contribution in [0.5, 0.6) is 5.75 Å². The molecule has 2 aliphatic heterocycles. The molecule has 0 saturated carbocycles. The monoisotopic (exact) mass is 481 g/mol. The molecule has 2 aromatic rings. The molecule has 186 valence electrons. The summed E-state index contributed by atoms with van der Waals surface area (Å²) in [6, 6.07) is 16.7. The van der Waals surface area contributed by atoms with Crippen LogP contribution in [-0.2, 0) is 21.0 Å². The van der Waals surface area contributed by atoms with Gasteiger partial charge in [-0.3, -0.25) is 9.69 Å². The van der Waals surface area contributed by atoms with Gasteiger partial charge in [0.25, 0.3) is 0 Å². The van der Waals surface area contributed by atoms with Crippen LogP contribution in [0.1, 0.15) is 36.8 Å². The van der Waals surface area contributed by atoms with Crippen LogP contribution in [0.25, 0.3) is 0 Å². The Bertz CT molecular complexity index is 1010. The van der Waals surface area contributed by atoms with Gasteiger partial charge in [0.05, 0.1) is 18.7 Å². The number of piperidine rings is 1. The fourth-order valence-electron chi connectivity index (χ4n) is 4.19. The van der Waals surface area contributed by atoms with E-state index in [4.69, 9.17) is 14.3 Å². The number of carbonyl (C=O) groups is 2. The van der Waals surface area contributed by atoms with Gasteiger partial charge in [0.1, 0.15) is 18.9 Å². The van der Waals surface area contributed by atoms with Gasteiger partial charge in [-0.15, -0.1) is 0 Å². The topological polar surface area (TPSA) is 110 Å². The van der Waals surface area contributed by atoms with E-state index in [2.05, 4.69) is 10.5 Å². The molecule has 2 aromatic carbocycles. The zero-order valence-corrected chi connectivity index (χ0v) is 19.6. The van der Waals surface area contributed by atoms with Crippen LogP contribution in [0.3, 0.4) is 0 Å². The maximum absolute atomic E-state index is 12.6. The van der Waals surface area contributed by atoms with Gasteiger partial charge in [0.2, 0.25) is 6.23 Å². The number of oxime groups is 1. The molecule has 0 aliphatic carbocycles. The van der Waals surface area contributed by atoms with Crippen molar-refractivity contribution in [2.24, 2.45) is 11.1 Å². The van der Waals surface area contributed by atoms with E-state index in [0.29, 0.717) is 18.2 Å². The SMILES string of the molecule is O=C(O)CN(C(=O)OCc1ccccc1)C1CC(c2ccc(OCCC3CCNCC3)cc2)=NO1. The van der Waals surface area contributed by atoms with Gasteiger partial charge < -0.3 is 24.7 Å². The van der Waals surface area contributed by atoms with Crippen LogP contribution in [0, 0.1) is 5.92 Å². The summed E-state index contributed by atoms with van der Waals surface area (Å²) in [5.74, 6) is 0.339. The molecule has 1 fully saturated rings. The number of carbonyl (C=O) groups excluding carboxylic acids is 1. The lowest BCUT2D eigenvalue weighted by Crippen LogP contribution is -2.44. The molecule has 35 heavy (non-hydrogen) atoms. The Hall–Kier alpha value is -3.59. The summed E-state index contributed by atoms with van der Waals surface area (Å²) >= 11 is 0. The van der Waals surface area contributed by atoms with Gasteiger partial charge in [-0.1, -0.05) is 35.5 Å². The van der Waals surface area contributed by atoms with Crippen LogP contribution >= 0.6 is 0 Å². The first-order valence-corrected chi connectivity index (χ1v) is 11.9. The lowest BCUT2D eigenvalue weighted by Gasteiger charge is -2.24. The maximum Gasteiger partial charge on any atom is 0.413 e. The van der Waals surface area contributed by atoms with E-state index in [1.54, 1.807) is 0 Å². The van der Waals surface area contributed by atoms with Gasteiger partial charge >= 0.3 is 12.1 Å². The molecule has 2 N–H and O–H groups in total. The van der Waals surface area contributed by atoms with Gasteiger partial charge in [-0.25, -0.2) is 4.79 Å². The minimum Gasteiger partial charge on any atom is -0.494 e. The highest BCUT2D eigenvalue weighted by atomic mass is 16.7. The molecule has 0 aromatic heterocycles. The fourth-order valence-corrected chi connectivity index (χ4v) is 4.19. The molecular weight excluding hydrogens is 450 g/mol. The lowest BCUT2D eigenvalue weighted by atomic mass is 9.95. The first kappa shape index (κ1) is 24.5. The number of ether oxygens (including phenoxy) is 2. The molecule has 9 heteroatoms. The molecule has 1 atom stereocenters. The fraction of sp³-hybridized carbons (Fsp3) is 0.423. The lowest BCUT2D eigenvalue weighted by molar-refractivity contribution is -0.141. The predicted molar refractivity (Wildman–Crippen MR) is 129 cm³/mol. The zero-order chi connectivity index (χ0) is 24.5. The van der Waals surface area contributed by atoms with Crippen molar-refractivity contribution >= 4 is 17.8 Å². The van der Waals surface area contributed by atoms with Crippen LogP contribution in [0.2, 0.25) is 0 Å². The molecule has 2 heterocycles. The summed E-state index contributed by atoms with van der Waals surface area (Å²) in [6.07, 6.45) is 2.07. The van der Waals surface area contributed by atoms with Crippen molar-refractivity contribution in [2.45, 2.75) is 38.5 Å². The van der Waals surface area contributed by atoms with Gasteiger partial charge in [-0.2, -0.15) is 0 Å². The Morgan fingerprint density at radius 1 is 1.09 bits per heavy atom. The quantitative estimate of drug-likeness (QED) is 0.533. The van der Waals surface area contributed by atoms with Crippen molar-refractivity contribution in [2.75, 3.05) is 26.2 Å². The molecule has 0 spiro atoms. The number of carboxylic acids is 1. The molecule has 1 saturated heterocycles. The summed E-state index contributed by atoms with van der Waals surface area (Å²) < 4.78 is 11.2. The van der Waals surface area contributed by atoms with E-state index in [1.165, 1.54) is 12.8 Å². The smallest absolute Gasteiger partial charge is 0.413 e. The summed E-state index contributed by atoms with van der Waals surface area (Å²) in [5, 5.41) is 16.8. The van der Waals surface area contributed by atoms with E-state index in [0.717, 1.165) is 41.3 Å². The molecule has 0 radical (unpaired) electrons. The summed E-state index contributed by atoms with van der Waals surface area (Å²) in [6.45, 7) is 2.34. The van der Waals surface area contributed by atoms with Gasteiger partial charge in [0.15, 0.2) is 0 Å². The third-order valence-corrected chi connectivity index (χ3v) is 6.19. The van der Waals surface area contributed by atoms with Gasteiger partial charge in [0, 0.05) is 0 Å². The van der Waals surface area contributed by atoms with Crippen LogP contribution in [-0.4, -0.2) is 60.2 Å². The Balaban J connectivity index is 1.29. The first-order chi connectivity index (χ1) is 17.1. The molecule has 1 amide bonds. The van der Waals surface area contributed by atoms with E-state index in [9.17, 15) is 14.7 Å². The first-order valence-electron chi connectivity index (χ1n) is 11.9. The van der Waals surface area contributed by atoms with E-state index >= 15 is 0 Å². The summed E-state index contributed by atoms with van der Waals surface area (Å²) in [4.78, 5) is 30.5. The Labute approximate surface area is 204 Å². The minimum atomic E-state index is -1.16. The van der Waals surface area contributed by atoms with Gasteiger partial charge in [-0.05, 0) is 73.7 Å². The third kappa shape index (κ3) is 7.19. The second-order valence-electron chi connectivity index (χ2n) is 8.72. The normalized spacial score (nSPS) is 17.8. The zero-order valence-electron chi connectivity index (χ0n) is 19.6. The van der Waals surface area contributed by atoms with Crippen LogP contribution in [0.15, 0.2) is 59.8 Å². The largest absolute Gasteiger partial charge is 0.494 e. The standard InChI is InChI=1S/C26H31N3O6/c30-25(31)17-29(26(32)34-18-20-4-2-1-3-5-20)24-16-23(28-35-24)21-6-8-22(9-7-21)33-15-12-19-10-13-27-14-11-19/h1-9,19,24,27H,10-18H2,(H,30,31). The van der Waals surface area contributed by atoms with Crippen molar-refractivity contribution in [3.8, 4) is 5.75 Å². The minimum absolute atomic E-state index is 0.0370. The second-order valence-corrected chi connectivity index (χ2v) is 8.72. The van der Waals surface area contributed by atoms with E-state index < -0.39 is 24.8 Å². The highest BCUT2D eigenvalue weighted by molar-refractivity contribution is 6.01. The molecule has 2 aliphatic rings. The third-order valence-electron chi connectivity index (χ3n) is 6.19. The van der Waals surface area contributed by atoms with E-state index in [1.807, 2.05) is 54.6 Å². The highest BCUT2D eigenvalue weighted by Crippen LogP contribution is 2.23. The number of hydrogen-bond donors (Lipinski definition) is 2. The Kier molecular flexibility index (Phi) is 8.56. The molecule has 4 rings (SSSR count). The average molecular weight is 482 g/mol. The Morgan fingerprint density at radius 2 is 1.83 bits per heavy atom. The maximum atomic E-state index is 12.6. The van der Waals surface area contributed by atoms with E-state index in [-0.39, 0.29) is 13.0 Å². The second kappa shape index (κ2) is 12.2. The number of carboxylic acid groups (broad SMARTS) is 1. The van der Waals surface area contributed by atoms with Crippen molar-refractivity contribution in [3.05, 3.63) is 65.7 Å². The molecule has 1 unspecified atom stereocenters. The number of aliphatic carboxylic acids is 1. The average Bonchev–Trinajstić information content (AvgIpc) is 3.37. The number of benzene rings is 2. The van der Waals surface area contributed by atoms with Crippen molar-refractivity contribution < 1.29 is 29.0 Å². The van der Waals surface area contributed by atoms with Crippen LogP contribution < -0.4 is 10.1 Å². The highest BCUT2D eigenvalue weighted by Gasteiger charge is 2.34. The van der Waals surface area contributed by atoms with Crippen LogP contribution in [0.4, 0.5) is 4.79 Å². The molecular formula is C26H31N3O6. The van der Waals surface area contributed by atoms with Crippen molar-refractivity contribution in [1.29, 1.82) is 0 Å². The Morgan fingerprint density at radius 3 is 2.54 bits per heavy atom. The number of hydrogen-bond acceptors (Lipinski definition) is 7. The van der Waals surface area contributed by atoms with Crippen molar-refractivity contribution in [1.82, 2.24) is 10.2 Å². The summed E-state index contributed by atoms with van der Waals surface area (Å²) in [5.41, 5.74) is 2.26.